The van der Waals surface area contributed by atoms with Crippen LogP contribution in [0, 0.1) is 0 Å². The van der Waals surface area contributed by atoms with Gasteiger partial charge in [-0.25, -0.2) is 4.98 Å². The summed E-state index contributed by atoms with van der Waals surface area (Å²) >= 11 is 0. The normalized spacial score (nSPS) is 12.4. The number of hydrogen-bond acceptors (Lipinski definition) is 5. The smallest absolute Gasteiger partial charge is 0.297 e. The molecule has 28 heavy (non-hydrogen) atoms. The molecule has 0 aliphatic carbocycles. The summed E-state index contributed by atoms with van der Waals surface area (Å²) in [5.74, 6) is 0.397. The fourth-order valence-corrected chi connectivity index (χ4v) is 3.32. The van der Waals surface area contributed by atoms with Crippen LogP contribution in [0.5, 0.6) is 0 Å². The van der Waals surface area contributed by atoms with Gasteiger partial charge in [0.05, 0.1) is 11.6 Å². The van der Waals surface area contributed by atoms with Gasteiger partial charge in [-0.1, -0.05) is 37.3 Å². The Balaban J connectivity index is 1.73. The quantitative estimate of drug-likeness (QED) is 0.574. The Hall–Kier alpha value is -3.55. The van der Waals surface area contributed by atoms with E-state index >= 15 is 0 Å². The second-order valence-corrected chi connectivity index (χ2v) is 6.57. The van der Waals surface area contributed by atoms with Crippen LogP contribution >= 0.6 is 0 Å². The van der Waals surface area contributed by atoms with E-state index in [-0.39, 0.29) is 29.7 Å². The summed E-state index contributed by atoms with van der Waals surface area (Å²) in [5, 5.41) is 11.1. The Labute approximate surface area is 160 Å². The minimum Gasteiger partial charge on any atom is -0.348 e. The molecular formula is C20H20N6O2. The number of rotatable bonds is 5. The van der Waals surface area contributed by atoms with Crippen LogP contribution in [0.2, 0.25) is 0 Å². The van der Waals surface area contributed by atoms with Crippen LogP contribution in [-0.4, -0.2) is 30.1 Å². The van der Waals surface area contributed by atoms with Gasteiger partial charge in [-0.05, 0) is 24.6 Å². The van der Waals surface area contributed by atoms with Gasteiger partial charge in [-0.3, -0.25) is 18.6 Å². The van der Waals surface area contributed by atoms with Crippen LogP contribution in [0.3, 0.4) is 0 Å². The molecule has 4 rings (SSSR count). The zero-order valence-corrected chi connectivity index (χ0v) is 15.7. The minimum atomic E-state index is -0.366. The van der Waals surface area contributed by atoms with Crippen LogP contribution in [0.1, 0.15) is 31.3 Å². The standard InChI is InChI=1S/C20H20N6O2/c1-3-16-23-24-19-20(28)25(15-10-7-11-21-18(15)26(16)19)12-17(27)22-13(2)14-8-5-4-6-9-14/h4-11,13H,3,12H2,1-2H3,(H,22,27)/t13-/m1/s1. The summed E-state index contributed by atoms with van der Waals surface area (Å²) < 4.78 is 3.07. The molecular weight excluding hydrogens is 356 g/mol. The van der Waals surface area contributed by atoms with Crippen LogP contribution in [-0.2, 0) is 17.8 Å². The number of benzene rings is 1. The van der Waals surface area contributed by atoms with Gasteiger partial charge >= 0.3 is 0 Å². The second kappa shape index (κ2) is 7.22. The van der Waals surface area contributed by atoms with Crippen molar-refractivity contribution in [3.8, 4) is 0 Å². The van der Waals surface area contributed by atoms with Crippen LogP contribution in [0.25, 0.3) is 16.8 Å². The number of carbonyl (C=O) groups excluding carboxylic acids is 1. The average Bonchev–Trinajstić information content (AvgIpc) is 3.16. The highest BCUT2D eigenvalue weighted by molar-refractivity contribution is 5.80. The molecule has 0 unspecified atom stereocenters. The maximum Gasteiger partial charge on any atom is 0.297 e. The fourth-order valence-electron chi connectivity index (χ4n) is 3.32. The number of aromatic nitrogens is 5. The van der Waals surface area contributed by atoms with Crippen molar-refractivity contribution in [2.24, 2.45) is 0 Å². The van der Waals surface area contributed by atoms with E-state index in [0.717, 1.165) is 5.56 Å². The van der Waals surface area contributed by atoms with Gasteiger partial charge in [0.2, 0.25) is 11.6 Å². The third-order valence-corrected chi connectivity index (χ3v) is 4.73. The maximum absolute atomic E-state index is 13.0. The lowest BCUT2D eigenvalue weighted by molar-refractivity contribution is -0.122. The Morgan fingerprint density at radius 2 is 1.89 bits per heavy atom. The number of hydrogen-bond donors (Lipinski definition) is 1. The van der Waals surface area contributed by atoms with Gasteiger partial charge in [0.1, 0.15) is 12.4 Å². The Kier molecular flexibility index (Phi) is 4.60. The fraction of sp³-hybridized carbons (Fsp3) is 0.250. The zero-order chi connectivity index (χ0) is 19.7. The molecule has 8 nitrogen and oxygen atoms in total. The predicted molar refractivity (Wildman–Crippen MR) is 105 cm³/mol. The molecule has 1 N–H and O–H groups in total. The topological polar surface area (TPSA) is 94.2 Å². The number of nitrogens with one attached hydrogen (secondary N) is 1. The molecule has 142 valence electrons. The summed E-state index contributed by atoms with van der Waals surface area (Å²) in [6.45, 7) is 3.73. The molecule has 1 aromatic carbocycles. The third-order valence-electron chi connectivity index (χ3n) is 4.73. The van der Waals surface area contributed by atoms with E-state index < -0.39 is 0 Å². The van der Waals surface area contributed by atoms with Crippen LogP contribution in [0.15, 0.2) is 53.5 Å². The Morgan fingerprint density at radius 3 is 2.64 bits per heavy atom. The number of amides is 1. The highest BCUT2D eigenvalue weighted by Crippen LogP contribution is 2.14. The number of pyridine rings is 1. The molecule has 0 bridgehead atoms. The molecule has 0 aliphatic heterocycles. The monoisotopic (exact) mass is 376 g/mol. The van der Waals surface area contributed by atoms with Gasteiger partial charge in [-0.15, -0.1) is 10.2 Å². The van der Waals surface area contributed by atoms with Crippen LogP contribution < -0.4 is 10.9 Å². The molecule has 8 heteroatoms. The lowest BCUT2D eigenvalue weighted by atomic mass is 10.1. The summed E-state index contributed by atoms with van der Waals surface area (Å²) in [6, 6.07) is 13.0. The second-order valence-electron chi connectivity index (χ2n) is 6.57. The maximum atomic E-state index is 13.0. The van der Waals surface area contributed by atoms with E-state index in [4.69, 9.17) is 0 Å². The molecule has 0 saturated carbocycles. The molecule has 3 aromatic heterocycles. The largest absolute Gasteiger partial charge is 0.348 e. The minimum absolute atomic E-state index is 0.122. The lowest BCUT2D eigenvalue weighted by Crippen LogP contribution is -2.34. The molecule has 0 spiro atoms. The van der Waals surface area contributed by atoms with Crippen molar-refractivity contribution in [3.05, 3.63) is 70.4 Å². The first-order chi connectivity index (χ1) is 13.6. The SMILES string of the molecule is CCc1nnc2c(=O)n(CC(=O)N[C@H](C)c3ccccc3)c3cccnc3n12. The van der Waals surface area contributed by atoms with Crippen molar-refractivity contribution in [1.29, 1.82) is 0 Å². The van der Waals surface area contributed by atoms with Crippen molar-refractivity contribution in [2.45, 2.75) is 32.9 Å². The van der Waals surface area contributed by atoms with E-state index in [9.17, 15) is 9.59 Å². The van der Waals surface area contributed by atoms with Gasteiger partial charge in [0.25, 0.3) is 5.56 Å². The first-order valence-electron chi connectivity index (χ1n) is 9.16. The van der Waals surface area contributed by atoms with Crippen molar-refractivity contribution in [3.63, 3.8) is 0 Å². The lowest BCUT2D eigenvalue weighted by Gasteiger charge is -2.16. The Bertz CT molecular complexity index is 1210. The third kappa shape index (κ3) is 3.02. The van der Waals surface area contributed by atoms with E-state index in [1.165, 1.54) is 4.57 Å². The van der Waals surface area contributed by atoms with Crippen LogP contribution in [0.4, 0.5) is 0 Å². The molecule has 0 fully saturated rings. The summed E-state index contributed by atoms with van der Waals surface area (Å²) in [6.07, 6.45) is 2.26. The molecule has 0 radical (unpaired) electrons. The van der Waals surface area contributed by atoms with Gasteiger partial charge in [0.15, 0.2) is 5.65 Å². The van der Waals surface area contributed by atoms with E-state index in [2.05, 4.69) is 20.5 Å². The Morgan fingerprint density at radius 1 is 1.11 bits per heavy atom. The summed E-state index contributed by atoms with van der Waals surface area (Å²) in [7, 11) is 0. The molecule has 1 atom stereocenters. The number of aryl methyl sites for hydroxylation is 1. The molecule has 3 heterocycles. The first kappa shape index (κ1) is 17.8. The van der Waals surface area contributed by atoms with E-state index in [0.29, 0.717) is 23.4 Å². The first-order valence-corrected chi connectivity index (χ1v) is 9.16. The van der Waals surface area contributed by atoms with Gasteiger partial charge in [-0.2, -0.15) is 0 Å². The van der Waals surface area contributed by atoms with Crippen molar-refractivity contribution in [1.82, 2.24) is 29.5 Å². The summed E-state index contributed by atoms with van der Waals surface area (Å²) in [5.41, 5.74) is 1.93. The van der Waals surface area contributed by atoms with Crippen molar-refractivity contribution < 1.29 is 4.79 Å². The number of fused-ring (bicyclic) bond motifs is 3. The van der Waals surface area contributed by atoms with E-state index in [1.807, 2.05) is 44.2 Å². The van der Waals surface area contributed by atoms with Gasteiger partial charge in [0, 0.05) is 12.6 Å². The number of nitrogens with zero attached hydrogens (tertiary/aromatic N) is 5. The van der Waals surface area contributed by atoms with Gasteiger partial charge < -0.3 is 5.32 Å². The van der Waals surface area contributed by atoms with E-state index in [1.54, 1.807) is 22.7 Å². The predicted octanol–water partition coefficient (Wildman–Crippen LogP) is 1.88. The number of carbonyl (C=O) groups is 1. The van der Waals surface area contributed by atoms with Crippen molar-refractivity contribution in [2.75, 3.05) is 0 Å². The highest BCUT2D eigenvalue weighted by atomic mass is 16.2. The average molecular weight is 376 g/mol. The molecule has 1 amide bonds. The van der Waals surface area contributed by atoms with Crippen molar-refractivity contribution >= 4 is 22.7 Å². The summed E-state index contributed by atoms with van der Waals surface area (Å²) in [4.78, 5) is 30.0. The molecule has 4 aromatic rings. The highest BCUT2D eigenvalue weighted by Gasteiger charge is 2.18. The zero-order valence-electron chi connectivity index (χ0n) is 15.7. The molecule has 0 aliphatic rings. The molecule has 0 saturated heterocycles.